The van der Waals surface area contributed by atoms with E-state index in [2.05, 4.69) is 20.7 Å². The quantitative estimate of drug-likeness (QED) is 0.688. The fourth-order valence-electron chi connectivity index (χ4n) is 2.78. The van der Waals surface area contributed by atoms with Crippen LogP contribution in [0.1, 0.15) is 41.0 Å². The number of amides is 1. The van der Waals surface area contributed by atoms with Crippen molar-refractivity contribution < 1.29 is 9.18 Å². The molecule has 1 amide bonds. The van der Waals surface area contributed by atoms with Gasteiger partial charge in [-0.15, -0.1) is 5.10 Å². The van der Waals surface area contributed by atoms with Gasteiger partial charge in [-0.25, -0.2) is 4.39 Å². The molecule has 2 heterocycles. The molecule has 0 radical (unpaired) electrons. The summed E-state index contributed by atoms with van der Waals surface area (Å²) in [6, 6.07) is 6.05. The Hall–Kier alpha value is -2.83. The summed E-state index contributed by atoms with van der Waals surface area (Å²) in [5.74, 6) is -0.241. The van der Waals surface area contributed by atoms with Crippen molar-refractivity contribution >= 4 is 17.4 Å². The molecule has 0 atom stereocenters. The molecule has 3 rings (SSSR count). The summed E-state index contributed by atoms with van der Waals surface area (Å²) in [4.78, 5) is 14.3. The van der Waals surface area contributed by atoms with Gasteiger partial charge in [-0.05, 0) is 32.9 Å². The molecule has 1 aliphatic heterocycles. The first-order valence-corrected chi connectivity index (χ1v) is 8.13. The number of hydrogen-bond donors (Lipinski definition) is 1. The van der Waals surface area contributed by atoms with Crippen LogP contribution in [0.3, 0.4) is 0 Å². The minimum Gasteiger partial charge on any atom is -0.334 e. The number of hydrazone groups is 1. The van der Waals surface area contributed by atoms with E-state index in [4.69, 9.17) is 0 Å². The van der Waals surface area contributed by atoms with E-state index in [1.165, 1.54) is 12.1 Å². The molecular formula is C18H20FN5O. The van der Waals surface area contributed by atoms with Gasteiger partial charge in [0, 0.05) is 36.3 Å². The molecule has 6 nitrogen and oxygen atoms in total. The predicted molar refractivity (Wildman–Crippen MR) is 94.0 cm³/mol. The zero-order chi connectivity index (χ0) is 18.0. The van der Waals surface area contributed by atoms with E-state index in [9.17, 15) is 9.18 Å². The molecule has 25 heavy (non-hydrogen) atoms. The average Bonchev–Trinajstić information content (AvgIpc) is 2.61. The molecule has 0 saturated carbocycles. The molecule has 0 saturated heterocycles. The topological polar surface area (TPSA) is 70.5 Å². The summed E-state index contributed by atoms with van der Waals surface area (Å²) in [5, 5.41) is 12.6. The van der Waals surface area contributed by atoms with Crippen LogP contribution in [0.4, 0.5) is 10.2 Å². The van der Waals surface area contributed by atoms with Crippen molar-refractivity contribution in [2.75, 3.05) is 12.0 Å². The van der Waals surface area contributed by atoms with Gasteiger partial charge in [0.25, 0.3) is 5.91 Å². The molecule has 1 aliphatic rings. The number of hydrogen-bond acceptors (Lipinski definition) is 5. The molecule has 130 valence electrons. The van der Waals surface area contributed by atoms with Gasteiger partial charge in [0.2, 0.25) is 0 Å². The van der Waals surface area contributed by atoms with Crippen molar-refractivity contribution in [1.29, 1.82) is 0 Å². The lowest BCUT2D eigenvalue weighted by molar-refractivity contribution is 0.0728. The van der Waals surface area contributed by atoms with Crippen molar-refractivity contribution in [3.05, 3.63) is 52.5 Å². The van der Waals surface area contributed by atoms with Crippen LogP contribution in [0, 0.1) is 12.7 Å². The van der Waals surface area contributed by atoms with E-state index in [0.717, 1.165) is 22.5 Å². The Kier molecular flexibility index (Phi) is 4.74. The number of carbonyl (C=O) groups excluding carboxylic acids is 1. The molecule has 0 spiro atoms. The number of nitrogens with zero attached hydrogens (tertiary/aromatic N) is 4. The number of benzene rings is 1. The molecule has 0 fully saturated rings. The normalized spacial score (nSPS) is 13.2. The fourth-order valence-corrected chi connectivity index (χ4v) is 2.78. The summed E-state index contributed by atoms with van der Waals surface area (Å²) in [6.45, 7) is 6.56. The summed E-state index contributed by atoms with van der Waals surface area (Å²) >= 11 is 0. The van der Waals surface area contributed by atoms with Crippen molar-refractivity contribution in [3.63, 3.8) is 0 Å². The highest BCUT2D eigenvalue weighted by molar-refractivity contribution is 5.94. The van der Waals surface area contributed by atoms with Gasteiger partial charge in [0.1, 0.15) is 5.82 Å². The monoisotopic (exact) mass is 341 g/mol. The third kappa shape index (κ3) is 3.50. The van der Waals surface area contributed by atoms with Crippen LogP contribution in [-0.4, -0.2) is 33.3 Å². The number of fused-ring (bicyclic) bond motifs is 1. The number of aromatic nitrogens is 2. The first-order chi connectivity index (χ1) is 12.0. The highest BCUT2D eigenvalue weighted by atomic mass is 19.1. The van der Waals surface area contributed by atoms with Gasteiger partial charge in [0.05, 0.1) is 11.3 Å². The van der Waals surface area contributed by atoms with Gasteiger partial charge < -0.3 is 4.90 Å². The number of carbonyl (C=O) groups is 1. The van der Waals surface area contributed by atoms with Gasteiger partial charge in [-0.3, -0.25) is 10.2 Å². The van der Waals surface area contributed by atoms with E-state index in [1.54, 1.807) is 17.0 Å². The molecule has 1 N–H and O–H groups in total. The van der Waals surface area contributed by atoms with Crippen LogP contribution >= 0.6 is 0 Å². The Balaban J connectivity index is 1.87. The third-order valence-electron chi connectivity index (χ3n) is 4.17. The van der Waals surface area contributed by atoms with Crippen LogP contribution in [0.25, 0.3) is 0 Å². The summed E-state index contributed by atoms with van der Waals surface area (Å²) in [6.07, 6.45) is 0.597. The SMILES string of the molecule is CC(C)=NNc1nnc2c(c1C)CN(C(=O)c1ccccc1F)CC2. The molecule has 0 bridgehead atoms. The lowest BCUT2D eigenvalue weighted by Crippen LogP contribution is -2.37. The lowest BCUT2D eigenvalue weighted by atomic mass is 10.0. The highest BCUT2D eigenvalue weighted by Gasteiger charge is 2.26. The van der Waals surface area contributed by atoms with Crippen LogP contribution in [0.2, 0.25) is 0 Å². The zero-order valence-corrected chi connectivity index (χ0v) is 14.5. The fraction of sp³-hybridized carbons (Fsp3) is 0.333. The second-order valence-electron chi connectivity index (χ2n) is 6.23. The minimum atomic E-state index is -0.502. The largest absolute Gasteiger partial charge is 0.334 e. The van der Waals surface area contributed by atoms with Gasteiger partial charge >= 0.3 is 0 Å². The van der Waals surface area contributed by atoms with E-state index in [-0.39, 0.29) is 11.5 Å². The van der Waals surface area contributed by atoms with Crippen LogP contribution < -0.4 is 5.43 Å². The Bertz CT molecular complexity index is 845. The lowest BCUT2D eigenvalue weighted by Gasteiger charge is -2.29. The Labute approximate surface area is 145 Å². The van der Waals surface area contributed by atoms with E-state index < -0.39 is 5.82 Å². The third-order valence-corrected chi connectivity index (χ3v) is 4.17. The van der Waals surface area contributed by atoms with Crippen molar-refractivity contribution in [3.8, 4) is 0 Å². The number of anilines is 1. The average molecular weight is 341 g/mol. The van der Waals surface area contributed by atoms with E-state index in [1.807, 2.05) is 20.8 Å². The van der Waals surface area contributed by atoms with Gasteiger partial charge in [-0.2, -0.15) is 10.2 Å². The van der Waals surface area contributed by atoms with Crippen molar-refractivity contribution in [2.24, 2.45) is 5.10 Å². The Morgan fingerprint density at radius 1 is 1.28 bits per heavy atom. The maximum Gasteiger partial charge on any atom is 0.257 e. The summed E-state index contributed by atoms with van der Waals surface area (Å²) < 4.78 is 13.9. The molecule has 1 aromatic carbocycles. The maximum atomic E-state index is 13.9. The minimum absolute atomic E-state index is 0.0928. The molecule has 7 heteroatoms. The van der Waals surface area contributed by atoms with Gasteiger partial charge in [0.15, 0.2) is 5.82 Å². The molecule has 2 aromatic rings. The second-order valence-corrected chi connectivity index (χ2v) is 6.23. The Morgan fingerprint density at radius 3 is 2.76 bits per heavy atom. The Morgan fingerprint density at radius 2 is 2.04 bits per heavy atom. The zero-order valence-electron chi connectivity index (χ0n) is 14.5. The smallest absolute Gasteiger partial charge is 0.257 e. The highest BCUT2D eigenvalue weighted by Crippen LogP contribution is 2.25. The van der Waals surface area contributed by atoms with E-state index >= 15 is 0 Å². The predicted octanol–water partition coefficient (Wildman–Crippen LogP) is 2.93. The molecule has 0 aliphatic carbocycles. The van der Waals surface area contributed by atoms with Crippen LogP contribution in [0.15, 0.2) is 29.4 Å². The summed E-state index contributed by atoms with van der Waals surface area (Å²) in [5.41, 5.74) is 6.58. The summed E-state index contributed by atoms with van der Waals surface area (Å²) in [7, 11) is 0. The first kappa shape index (κ1) is 17.0. The van der Waals surface area contributed by atoms with Crippen LogP contribution in [-0.2, 0) is 13.0 Å². The molecular weight excluding hydrogens is 321 g/mol. The van der Waals surface area contributed by atoms with Crippen molar-refractivity contribution in [1.82, 2.24) is 15.1 Å². The number of halogens is 1. The second kappa shape index (κ2) is 6.96. The van der Waals surface area contributed by atoms with Crippen molar-refractivity contribution in [2.45, 2.75) is 33.7 Å². The van der Waals surface area contributed by atoms with Crippen LogP contribution in [0.5, 0.6) is 0 Å². The number of rotatable bonds is 3. The van der Waals surface area contributed by atoms with E-state index in [0.29, 0.717) is 25.3 Å². The molecule has 0 unspecified atom stereocenters. The standard InChI is InChI=1S/C18H20FN5O/c1-11(2)20-22-17-12(3)14-10-24(9-8-16(14)21-23-17)18(25)13-6-4-5-7-15(13)19/h4-7H,8-10H2,1-3H3,(H,22,23). The van der Waals surface area contributed by atoms with Gasteiger partial charge in [-0.1, -0.05) is 12.1 Å². The molecule has 1 aromatic heterocycles. The first-order valence-electron chi connectivity index (χ1n) is 8.13. The maximum absolute atomic E-state index is 13.9. The number of nitrogens with one attached hydrogen (secondary N) is 1.